The van der Waals surface area contributed by atoms with Gasteiger partial charge in [-0.1, -0.05) is 95.7 Å². The summed E-state index contributed by atoms with van der Waals surface area (Å²) in [7, 11) is 0. The lowest BCUT2D eigenvalue weighted by atomic mass is 9.83. The summed E-state index contributed by atoms with van der Waals surface area (Å²) in [5, 5.41) is 25.2. The average Bonchev–Trinajstić information content (AvgIpc) is 3.58. The van der Waals surface area contributed by atoms with E-state index < -0.39 is 23.0 Å². The number of para-hydroxylation sites is 1. The summed E-state index contributed by atoms with van der Waals surface area (Å²) < 4.78 is 0.733. The summed E-state index contributed by atoms with van der Waals surface area (Å²) in [6.07, 6.45) is 4.93. The van der Waals surface area contributed by atoms with Gasteiger partial charge in [0, 0.05) is 46.8 Å². The first kappa shape index (κ1) is 37.5. The predicted octanol–water partition coefficient (Wildman–Crippen LogP) is 5.72. The first-order chi connectivity index (χ1) is 26.2. The fourth-order valence-electron chi connectivity index (χ4n) is 8.07. The van der Waals surface area contributed by atoms with Crippen molar-refractivity contribution in [3.05, 3.63) is 136 Å². The number of aliphatic hydroxyl groups is 2. The third kappa shape index (κ3) is 7.09. The number of hydrogen-bond donors (Lipinski definition) is 3. The molecule has 3 N–H and O–H groups in total. The van der Waals surface area contributed by atoms with E-state index in [1.807, 2.05) is 89.8 Å². The first-order valence-corrected chi connectivity index (χ1v) is 19.3. The Balaban J connectivity index is 1.07. The number of carbonyl (C=O) groups is 3. The maximum absolute atomic E-state index is 14.3. The number of nitrogens with one attached hydrogen (secondary N) is 1. The second-order valence-electron chi connectivity index (χ2n) is 14.4. The Kier molecular flexibility index (Phi) is 11.0. The van der Waals surface area contributed by atoms with Crippen molar-refractivity contribution in [1.29, 1.82) is 0 Å². The molecule has 54 heavy (non-hydrogen) atoms. The molecule has 0 radical (unpaired) electrons. The van der Waals surface area contributed by atoms with Crippen LogP contribution in [0.2, 0.25) is 0 Å². The zero-order valence-electron chi connectivity index (χ0n) is 30.4. The number of amides is 3. The minimum absolute atomic E-state index is 0.0590. The topological polar surface area (TPSA) is 117 Å². The number of benzene rings is 4. The van der Waals surface area contributed by atoms with Gasteiger partial charge in [-0.2, -0.15) is 0 Å². The summed E-state index contributed by atoms with van der Waals surface area (Å²) in [5.74, 6) is -1.17. The van der Waals surface area contributed by atoms with Gasteiger partial charge in [0.15, 0.2) is 5.60 Å². The standard InChI is InChI=1S/C43H46BrN5O5/c1-31(9-8-14-39(51)46(25-26-50)28-32-10-4-2-5-11-32)43(54)37-27-34(44)17-20-38(37)47(41(43)53)29-33-15-18-35(19-16-33)48-30-49(36-12-6-3-7-13-36)42(40(48)52)21-23-45-24-22-42/h2-13,15-20,27,31,45,50,54H,14,21-26,28-30H2,1H3/b9-8+/t31-,43+/m1/s1. The summed E-state index contributed by atoms with van der Waals surface area (Å²) >= 11 is 3.52. The number of fused-ring (bicyclic) bond motifs is 1. The van der Waals surface area contributed by atoms with Crippen LogP contribution in [0, 0.1) is 5.92 Å². The molecule has 0 saturated carbocycles. The number of halogens is 1. The Morgan fingerprint density at radius 3 is 2.28 bits per heavy atom. The third-order valence-electron chi connectivity index (χ3n) is 11.1. The summed E-state index contributed by atoms with van der Waals surface area (Å²) in [5.41, 5.74) is 2.28. The van der Waals surface area contributed by atoms with Crippen molar-refractivity contribution in [2.24, 2.45) is 5.92 Å². The molecule has 280 valence electrons. The maximum Gasteiger partial charge on any atom is 0.264 e. The average molecular weight is 793 g/mol. The molecule has 0 unspecified atom stereocenters. The predicted molar refractivity (Wildman–Crippen MR) is 214 cm³/mol. The molecule has 10 nitrogen and oxygen atoms in total. The first-order valence-electron chi connectivity index (χ1n) is 18.5. The van der Waals surface area contributed by atoms with Crippen molar-refractivity contribution < 1.29 is 24.6 Å². The van der Waals surface area contributed by atoms with Gasteiger partial charge in [0.25, 0.3) is 11.8 Å². The molecule has 0 aliphatic carbocycles. The zero-order chi connectivity index (χ0) is 37.9. The van der Waals surface area contributed by atoms with Gasteiger partial charge in [0.1, 0.15) is 5.54 Å². The van der Waals surface area contributed by atoms with Crippen molar-refractivity contribution in [2.75, 3.05) is 47.6 Å². The fraction of sp³-hybridized carbons (Fsp3) is 0.326. The highest BCUT2D eigenvalue weighted by Crippen LogP contribution is 2.47. The number of piperidine rings is 1. The number of anilines is 3. The number of rotatable bonds is 12. The van der Waals surface area contributed by atoms with Gasteiger partial charge in [-0.3, -0.25) is 19.3 Å². The van der Waals surface area contributed by atoms with Crippen LogP contribution in [0.4, 0.5) is 17.1 Å². The van der Waals surface area contributed by atoms with Gasteiger partial charge in [-0.05, 0) is 79.5 Å². The molecule has 2 fully saturated rings. The van der Waals surface area contributed by atoms with Gasteiger partial charge in [0.2, 0.25) is 5.91 Å². The Morgan fingerprint density at radius 1 is 0.907 bits per heavy atom. The van der Waals surface area contributed by atoms with Crippen molar-refractivity contribution in [3.63, 3.8) is 0 Å². The Morgan fingerprint density at radius 2 is 1.59 bits per heavy atom. The largest absolute Gasteiger partial charge is 0.395 e. The molecule has 2 saturated heterocycles. The van der Waals surface area contributed by atoms with Crippen molar-refractivity contribution in [1.82, 2.24) is 10.2 Å². The van der Waals surface area contributed by atoms with Gasteiger partial charge >= 0.3 is 0 Å². The molecule has 0 aromatic heterocycles. The quantitative estimate of drug-likeness (QED) is 0.157. The van der Waals surface area contributed by atoms with Crippen LogP contribution >= 0.6 is 15.9 Å². The molecule has 4 aromatic carbocycles. The monoisotopic (exact) mass is 791 g/mol. The molecule has 3 amide bonds. The molecule has 3 aliphatic rings. The van der Waals surface area contributed by atoms with Crippen LogP contribution in [0.1, 0.15) is 42.9 Å². The Bertz CT molecular complexity index is 2000. The molecule has 11 heteroatoms. The Hall–Kier alpha value is -4.81. The number of aliphatic hydroxyl groups excluding tert-OH is 1. The van der Waals surface area contributed by atoms with E-state index in [-0.39, 0.29) is 37.9 Å². The molecule has 7 rings (SSSR count). The highest BCUT2D eigenvalue weighted by molar-refractivity contribution is 9.10. The van der Waals surface area contributed by atoms with Crippen LogP contribution < -0.4 is 20.0 Å². The molecule has 3 aliphatic heterocycles. The van der Waals surface area contributed by atoms with Crippen LogP contribution in [0.25, 0.3) is 0 Å². The van der Waals surface area contributed by atoms with Gasteiger partial charge < -0.3 is 30.2 Å². The van der Waals surface area contributed by atoms with Crippen LogP contribution in [0.15, 0.2) is 120 Å². The zero-order valence-corrected chi connectivity index (χ0v) is 32.0. The molecule has 0 bridgehead atoms. The highest BCUT2D eigenvalue weighted by Gasteiger charge is 2.54. The van der Waals surface area contributed by atoms with Gasteiger partial charge in [-0.15, -0.1) is 0 Å². The van der Waals surface area contributed by atoms with E-state index >= 15 is 0 Å². The molecule has 4 aromatic rings. The smallest absolute Gasteiger partial charge is 0.264 e. The van der Waals surface area contributed by atoms with E-state index in [0.29, 0.717) is 24.5 Å². The second kappa shape index (κ2) is 15.9. The number of hydrogen-bond acceptors (Lipinski definition) is 7. The van der Waals surface area contributed by atoms with Crippen molar-refractivity contribution in [3.8, 4) is 0 Å². The summed E-state index contributed by atoms with van der Waals surface area (Å²) in [4.78, 5) is 48.9. The second-order valence-corrected chi connectivity index (χ2v) is 15.3. The number of nitrogens with zero attached hydrogens (tertiary/aromatic N) is 4. The van der Waals surface area contributed by atoms with Crippen LogP contribution in [0.3, 0.4) is 0 Å². The minimum Gasteiger partial charge on any atom is -0.395 e. The molecular formula is C43H46BrN5O5. The van der Waals surface area contributed by atoms with E-state index in [2.05, 4.69) is 38.3 Å². The lowest BCUT2D eigenvalue weighted by molar-refractivity contribution is -0.139. The lowest BCUT2D eigenvalue weighted by Gasteiger charge is -2.39. The van der Waals surface area contributed by atoms with Gasteiger partial charge in [-0.25, -0.2) is 0 Å². The van der Waals surface area contributed by atoms with Crippen LogP contribution in [0.5, 0.6) is 0 Å². The van der Waals surface area contributed by atoms with E-state index in [4.69, 9.17) is 0 Å². The molecule has 1 spiro atoms. The molecular weight excluding hydrogens is 746 g/mol. The Labute approximate surface area is 324 Å². The van der Waals surface area contributed by atoms with E-state index in [1.54, 1.807) is 34.9 Å². The van der Waals surface area contributed by atoms with Crippen LogP contribution in [-0.4, -0.2) is 71.3 Å². The highest BCUT2D eigenvalue weighted by atomic mass is 79.9. The third-order valence-corrected chi connectivity index (χ3v) is 11.6. The minimum atomic E-state index is -1.86. The summed E-state index contributed by atoms with van der Waals surface area (Å²) in [6, 6.07) is 32.9. The molecule has 2 atom stereocenters. The van der Waals surface area contributed by atoms with Crippen molar-refractivity contribution >= 4 is 50.7 Å². The van der Waals surface area contributed by atoms with Gasteiger partial charge in [0.05, 0.1) is 25.5 Å². The van der Waals surface area contributed by atoms with E-state index in [9.17, 15) is 24.6 Å². The fourth-order valence-corrected chi connectivity index (χ4v) is 8.43. The SMILES string of the molecule is C[C@H](/C=C/CC(=O)N(CCO)Cc1ccccc1)[C@@]1(O)C(=O)N(Cc2ccc(N3CN(c4ccccc4)C4(CCNCC4)C3=O)cc2)c2ccc(Br)cc21. The van der Waals surface area contributed by atoms with E-state index in [1.165, 1.54) is 0 Å². The number of carbonyl (C=O) groups excluding carboxylic acids is 3. The maximum atomic E-state index is 14.3. The molecule has 3 heterocycles. The van der Waals surface area contributed by atoms with Crippen LogP contribution in [-0.2, 0) is 33.1 Å². The normalized spacial score (nSPS) is 19.9. The summed E-state index contributed by atoms with van der Waals surface area (Å²) in [6.45, 7) is 4.43. The lowest BCUT2D eigenvalue weighted by Crippen LogP contribution is -2.55. The van der Waals surface area contributed by atoms with E-state index in [0.717, 1.165) is 52.9 Å². The van der Waals surface area contributed by atoms with Crippen molar-refractivity contribution in [2.45, 2.75) is 50.4 Å².